The Morgan fingerprint density at radius 1 is 0.857 bits per heavy atom. The average Bonchev–Trinajstić information content (AvgIpc) is 2.90. The molecule has 2 N–H and O–H groups in total. The van der Waals surface area contributed by atoms with Crippen LogP contribution in [0, 0.1) is 0 Å². The standard InChI is InChI=1S/C29H36N4O2/c1-30-26(20-23-15-16-24-13-7-8-14-25(24)19-23)29(35)32(2)27(21-22-11-5-3-6-12-22)28(34)31-33-17-9-4-10-18-33/h3,5-8,11-16,19,26-27,30H,4,9-10,17-18,20-21H2,1-2H3,(H,31,34)/t26-,27-/m1/s1. The fourth-order valence-corrected chi connectivity index (χ4v) is 4.79. The first kappa shape index (κ1) is 24.9. The number of nitrogens with zero attached hydrogens (tertiary/aromatic N) is 2. The van der Waals surface area contributed by atoms with Crippen LogP contribution in [0.5, 0.6) is 0 Å². The van der Waals surface area contributed by atoms with Crippen molar-refractivity contribution in [3.8, 4) is 0 Å². The van der Waals surface area contributed by atoms with Crippen molar-refractivity contribution in [2.45, 2.75) is 44.2 Å². The molecule has 4 rings (SSSR count). The lowest BCUT2D eigenvalue weighted by Crippen LogP contribution is -2.57. The SMILES string of the molecule is CN[C@H](Cc1ccc2ccccc2c1)C(=O)N(C)[C@H](Cc1ccccc1)C(=O)NN1CCCCC1. The van der Waals surface area contributed by atoms with Crippen LogP contribution >= 0.6 is 0 Å². The van der Waals surface area contributed by atoms with Crippen molar-refractivity contribution in [3.63, 3.8) is 0 Å². The molecular weight excluding hydrogens is 436 g/mol. The second kappa shape index (κ2) is 12.0. The fourth-order valence-electron chi connectivity index (χ4n) is 4.79. The molecule has 0 saturated carbocycles. The van der Waals surface area contributed by atoms with E-state index in [1.54, 1.807) is 19.0 Å². The van der Waals surface area contributed by atoms with Crippen molar-refractivity contribution in [3.05, 3.63) is 83.9 Å². The zero-order valence-electron chi connectivity index (χ0n) is 20.7. The van der Waals surface area contributed by atoms with Crippen molar-refractivity contribution in [2.24, 2.45) is 0 Å². The van der Waals surface area contributed by atoms with Crippen LogP contribution in [0.3, 0.4) is 0 Å². The van der Waals surface area contributed by atoms with Crippen LogP contribution < -0.4 is 10.7 Å². The number of carbonyl (C=O) groups is 2. The molecule has 0 unspecified atom stereocenters. The molecule has 1 aliphatic rings. The number of piperidine rings is 1. The van der Waals surface area contributed by atoms with Gasteiger partial charge in [0, 0.05) is 26.6 Å². The van der Waals surface area contributed by atoms with E-state index < -0.39 is 12.1 Å². The molecule has 0 bridgehead atoms. The summed E-state index contributed by atoms with van der Waals surface area (Å²) in [7, 11) is 3.55. The van der Waals surface area contributed by atoms with Crippen molar-refractivity contribution >= 4 is 22.6 Å². The van der Waals surface area contributed by atoms with Gasteiger partial charge in [-0.25, -0.2) is 5.01 Å². The Hall–Kier alpha value is -3.22. The molecule has 0 spiro atoms. The highest BCUT2D eigenvalue weighted by atomic mass is 16.2. The summed E-state index contributed by atoms with van der Waals surface area (Å²) < 4.78 is 0. The highest BCUT2D eigenvalue weighted by Crippen LogP contribution is 2.18. The summed E-state index contributed by atoms with van der Waals surface area (Å²) in [6.45, 7) is 1.70. The predicted octanol–water partition coefficient (Wildman–Crippen LogP) is 3.56. The number of hydrogen-bond donors (Lipinski definition) is 2. The van der Waals surface area contributed by atoms with Gasteiger partial charge in [-0.1, -0.05) is 79.2 Å². The molecule has 1 heterocycles. The van der Waals surface area contributed by atoms with Crippen LogP contribution in [-0.2, 0) is 22.4 Å². The van der Waals surface area contributed by atoms with Gasteiger partial charge in [-0.2, -0.15) is 0 Å². The summed E-state index contributed by atoms with van der Waals surface area (Å²) in [5.74, 6) is -0.220. The van der Waals surface area contributed by atoms with Crippen molar-refractivity contribution in [1.29, 1.82) is 0 Å². The second-order valence-electron chi connectivity index (χ2n) is 9.41. The molecule has 0 aromatic heterocycles. The highest BCUT2D eigenvalue weighted by Gasteiger charge is 2.32. The van der Waals surface area contributed by atoms with Crippen LogP contribution in [0.1, 0.15) is 30.4 Å². The zero-order chi connectivity index (χ0) is 24.6. The van der Waals surface area contributed by atoms with Crippen LogP contribution in [0.4, 0.5) is 0 Å². The lowest BCUT2D eigenvalue weighted by atomic mass is 9.99. The third kappa shape index (κ3) is 6.47. The first-order chi connectivity index (χ1) is 17.0. The monoisotopic (exact) mass is 472 g/mol. The molecule has 6 nitrogen and oxygen atoms in total. The van der Waals surface area contributed by atoms with Gasteiger partial charge >= 0.3 is 0 Å². The van der Waals surface area contributed by atoms with Gasteiger partial charge in [-0.15, -0.1) is 0 Å². The van der Waals surface area contributed by atoms with E-state index in [1.807, 2.05) is 47.5 Å². The molecule has 1 fully saturated rings. The number of amides is 2. The summed E-state index contributed by atoms with van der Waals surface area (Å²) in [5, 5.41) is 7.51. The Kier molecular flexibility index (Phi) is 8.50. The smallest absolute Gasteiger partial charge is 0.257 e. The number of likely N-dealkylation sites (N-methyl/N-ethyl adjacent to an activating group) is 2. The van der Waals surface area contributed by atoms with E-state index in [0.717, 1.165) is 42.4 Å². The van der Waals surface area contributed by atoms with Crippen LogP contribution in [-0.4, -0.2) is 61.0 Å². The highest BCUT2D eigenvalue weighted by molar-refractivity contribution is 5.90. The summed E-state index contributed by atoms with van der Waals surface area (Å²) >= 11 is 0. The maximum Gasteiger partial charge on any atom is 0.257 e. The van der Waals surface area contributed by atoms with Gasteiger partial charge in [0.05, 0.1) is 6.04 Å². The van der Waals surface area contributed by atoms with Crippen LogP contribution in [0.2, 0.25) is 0 Å². The molecular formula is C29H36N4O2. The minimum absolute atomic E-state index is 0.0876. The summed E-state index contributed by atoms with van der Waals surface area (Å²) in [6.07, 6.45) is 4.36. The lowest BCUT2D eigenvalue weighted by molar-refractivity contribution is -0.142. The number of hydrogen-bond acceptors (Lipinski definition) is 4. The Bertz CT molecular complexity index is 1130. The van der Waals surface area contributed by atoms with Crippen LogP contribution in [0.25, 0.3) is 10.8 Å². The van der Waals surface area contributed by atoms with Gasteiger partial charge in [0.2, 0.25) is 5.91 Å². The van der Waals surface area contributed by atoms with Gasteiger partial charge in [0.25, 0.3) is 5.91 Å². The van der Waals surface area contributed by atoms with Gasteiger partial charge in [-0.05, 0) is 48.2 Å². The molecule has 2 atom stereocenters. The van der Waals surface area contributed by atoms with Gasteiger partial charge in [0.1, 0.15) is 6.04 Å². The maximum absolute atomic E-state index is 13.6. The lowest BCUT2D eigenvalue weighted by Gasteiger charge is -2.34. The third-order valence-corrected chi connectivity index (χ3v) is 6.91. The topological polar surface area (TPSA) is 64.7 Å². The number of carbonyl (C=O) groups excluding carboxylic acids is 2. The molecule has 1 aliphatic heterocycles. The van der Waals surface area contributed by atoms with E-state index in [4.69, 9.17) is 0 Å². The Morgan fingerprint density at radius 2 is 1.54 bits per heavy atom. The largest absolute Gasteiger partial charge is 0.332 e. The van der Waals surface area contributed by atoms with Gasteiger partial charge in [-0.3, -0.25) is 15.0 Å². The summed E-state index contributed by atoms with van der Waals surface area (Å²) in [5.41, 5.74) is 5.20. The Balaban J connectivity index is 1.51. The average molecular weight is 473 g/mol. The molecule has 35 heavy (non-hydrogen) atoms. The summed E-state index contributed by atoms with van der Waals surface area (Å²) in [4.78, 5) is 28.7. The number of rotatable bonds is 9. The van der Waals surface area contributed by atoms with E-state index in [-0.39, 0.29) is 11.8 Å². The minimum Gasteiger partial charge on any atom is -0.332 e. The van der Waals surface area contributed by atoms with Crippen molar-refractivity contribution < 1.29 is 9.59 Å². The molecule has 0 aliphatic carbocycles. The normalized spacial score (nSPS) is 15.9. The molecule has 1 saturated heterocycles. The molecule has 6 heteroatoms. The van der Waals surface area contributed by atoms with Crippen molar-refractivity contribution in [2.75, 3.05) is 27.2 Å². The molecule has 3 aromatic carbocycles. The predicted molar refractivity (Wildman–Crippen MR) is 141 cm³/mol. The van der Waals surface area contributed by atoms with E-state index in [0.29, 0.717) is 12.8 Å². The molecule has 2 amide bonds. The van der Waals surface area contributed by atoms with Crippen LogP contribution in [0.15, 0.2) is 72.8 Å². The zero-order valence-corrected chi connectivity index (χ0v) is 20.7. The molecule has 184 valence electrons. The van der Waals surface area contributed by atoms with E-state index >= 15 is 0 Å². The number of fused-ring (bicyclic) bond motifs is 1. The quantitative estimate of drug-likeness (QED) is 0.500. The first-order valence-electron chi connectivity index (χ1n) is 12.6. The van der Waals surface area contributed by atoms with E-state index in [2.05, 4.69) is 41.1 Å². The maximum atomic E-state index is 13.6. The number of hydrazine groups is 1. The molecule has 0 radical (unpaired) electrons. The minimum atomic E-state index is -0.598. The van der Waals surface area contributed by atoms with E-state index in [1.165, 1.54) is 11.8 Å². The van der Waals surface area contributed by atoms with Gasteiger partial charge in [0.15, 0.2) is 0 Å². The Labute approximate surface area is 208 Å². The summed E-state index contributed by atoms with van der Waals surface area (Å²) in [6, 6.07) is 23.4. The van der Waals surface area contributed by atoms with Crippen molar-refractivity contribution in [1.82, 2.24) is 20.7 Å². The van der Waals surface area contributed by atoms with E-state index in [9.17, 15) is 9.59 Å². The second-order valence-corrected chi connectivity index (χ2v) is 9.41. The Morgan fingerprint density at radius 3 is 2.26 bits per heavy atom. The first-order valence-corrected chi connectivity index (χ1v) is 12.6. The van der Waals surface area contributed by atoms with Gasteiger partial charge < -0.3 is 10.2 Å². The molecule has 3 aromatic rings. The third-order valence-electron chi connectivity index (χ3n) is 6.91. The number of benzene rings is 3. The fraction of sp³-hybridized carbons (Fsp3) is 0.379. The number of nitrogens with one attached hydrogen (secondary N) is 2.